The first-order valence-electron chi connectivity index (χ1n) is 9.23. The molecule has 0 aliphatic heterocycles. The van der Waals surface area contributed by atoms with E-state index in [0.717, 1.165) is 16.9 Å². The second-order valence-electron chi connectivity index (χ2n) is 6.08. The number of imidazole rings is 1. The average Bonchev–Trinajstić information content (AvgIpc) is 2.99. The van der Waals surface area contributed by atoms with Gasteiger partial charge in [-0.2, -0.15) is 0 Å². The minimum Gasteiger partial charge on any atom is -0.490 e. The molecule has 3 aromatic rings. The zero-order valence-corrected chi connectivity index (χ0v) is 16.0. The van der Waals surface area contributed by atoms with Crippen molar-refractivity contribution in [3.63, 3.8) is 0 Å². The Kier molecular flexibility index (Phi) is 5.96. The molecule has 6 nitrogen and oxygen atoms in total. The molecule has 142 valence electrons. The Morgan fingerprint density at radius 2 is 1.81 bits per heavy atom. The van der Waals surface area contributed by atoms with Crippen LogP contribution in [0.5, 0.6) is 11.5 Å². The summed E-state index contributed by atoms with van der Waals surface area (Å²) >= 11 is 0. The fraction of sp³-hybridized carbons (Fsp3) is 0.333. The Morgan fingerprint density at radius 3 is 2.59 bits per heavy atom. The summed E-state index contributed by atoms with van der Waals surface area (Å²) in [5.41, 5.74) is 2.59. The van der Waals surface area contributed by atoms with Crippen LogP contribution in [0.2, 0.25) is 0 Å². The molecule has 1 heterocycles. The molecule has 0 saturated carbocycles. The smallest absolute Gasteiger partial charge is 0.251 e. The van der Waals surface area contributed by atoms with E-state index in [0.29, 0.717) is 43.4 Å². The first kappa shape index (κ1) is 18.8. The Morgan fingerprint density at radius 1 is 1.07 bits per heavy atom. The number of fused-ring (bicyclic) bond motifs is 1. The Balaban J connectivity index is 1.67. The fourth-order valence-electron chi connectivity index (χ4n) is 3.05. The number of ether oxygens (including phenoxy) is 2. The van der Waals surface area contributed by atoms with Gasteiger partial charge in [0.1, 0.15) is 5.82 Å². The minimum absolute atomic E-state index is 0.138. The maximum absolute atomic E-state index is 12.5. The molecule has 0 radical (unpaired) electrons. The number of nitrogens with one attached hydrogen (secondary N) is 1. The van der Waals surface area contributed by atoms with E-state index >= 15 is 0 Å². The molecule has 1 aromatic heterocycles. The van der Waals surface area contributed by atoms with Crippen LogP contribution in [0.25, 0.3) is 11.0 Å². The summed E-state index contributed by atoms with van der Waals surface area (Å²) in [4.78, 5) is 17.1. The summed E-state index contributed by atoms with van der Waals surface area (Å²) in [5, 5.41) is 2.97. The Bertz CT molecular complexity index is 934. The first-order valence-corrected chi connectivity index (χ1v) is 9.23. The van der Waals surface area contributed by atoms with Gasteiger partial charge in [0.15, 0.2) is 11.5 Å². The molecule has 0 aliphatic carbocycles. The lowest BCUT2D eigenvalue weighted by Gasteiger charge is -2.13. The van der Waals surface area contributed by atoms with Gasteiger partial charge in [0.05, 0.1) is 24.2 Å². The fourth-order valence-corrected chi connectivity index (χ4v) is 3.05. The van der Waals surface area contributed by atoms with Crippen LogP contribution in [-0.4, -0.2) is 35.2 Å². The van der Waals surface area contributed by atoms with Gasteiger partial charge in [-0.25, -0.2) is 4.98 Å². The number of aryl methyl sites for hydroxylation is 1. The second kappa shape index (κ2) is 8.58. The van der Waals surface area contributed by atoms with Gasteiger partial charge < -0.3 is 19.4 Å². The third kappa shape index (κ3) is 4.22. The van der Waals surface area contributed by atoms with Crippen LogP contribution >= 0.6 is 0 Å². The molecule has 0 bridgehead atoms. The summed E-state index contributed by atoms with van der Waals surface area (Å²) in [7, 11) is 0. The number of amides is 1. The molecule has 0 fully saturated rings. The van der Waals surface area contributed by atoms with Crippen LogP contribution < -0.4 is 14.8 Å². The SMILES string of the molecule is CCOc1ccc(C(=O)NCCn2c(C)nc3ccccc32)cc1OCC. The number of carbonyl (C=O) groups is 1. The predicted molar refractivity (Wildman–Crippen MR) is 106 cm³/mol. The van der Waals surface area contributed by atoms with E-state index in [2.05, 4.69) is 14.9 Å². The molecule has 1 N–H and O–H groups in total. The van der Waals surface area contributed by atoms with Crippen molar-refractivity contribution in [3.05, 3.63) is 53.9 Å². The van der Waals surface area contributed by atoms with Crippen molar-refractivity contribution in [1.29, 1.82) is 0 Å². The maximum atomic E-state index is 12.5. The van der Waals surface area contributed by atoms with Crippen molar-refractivity contribution < 1.29 is 14.3 Å². The van der Waals surface area contributed by atoms with E-state index in [4.69, 9.17) is 9.47 Å². The predicted octanol–water partition coefficient (Wildman–Crippen LogP) is 3.57. The van der Waals surface area contributed by atoms with E-state index in [9.17, 15) is 4.79 Å². The lowest BCUT2D eigenvalue weighted by molar-refractivity contribution is 0.0951. The van der Waals surface area contributed by atoms with Crippen LogP contribution in [-0.2, 0) is 6.54 Å². The minimum atomic E-state index is -0.138. The normalized spacial score (nSPS) is 10.8. The summed E-state index contributed by atoms with van der Waals surface area (Å²) in [5.74, 6) is 2.03. The number of hydrogen-bond acceptors (Lipinski definition) is 4. The van der Waals surface area contributed by atoms with Gasteiger partial charge in [-0.1, -0.05) is 12.1 Å². The lowest BCUT2D eigenvalue weighted by Crippen LogP contribution is -2.27. The molecule has 0 unspecified atom stereocenters. The molecule has 0 spiro atoms. The van der Waals surface area contributed by atoms with Crippen molar-refractivity contribution in [3.8, 4) is 11.5 Å². The van der Waals surface area contributed by atoms with Crippen molar-refractivity contribution in [2.75, 3.05) is 19.8 Å². The zero-order chi connectivity index (χ0) is 19.2. The molecular weight excluding hydrogens is 342 g/mol. The third-order valence-corrected chi connectivity index (χ3v) is 4.27. The van der Waals surface area contributed by atoms with Gasteiger partial charge in [0.25, 0.3) is 5.91 Å². The van der Waals surface area contributed by atoms with Gasteiger partial charge in [0, 0.05) is 18.7 Å². The lowest BCUT2D eigenvalue weighted by atomic mass is 10.2. The third-order valence-electron chi connectivity index (χ3n) is 4.27. The van der Waals surface area contributed by atoms with Crippen molar-refractivity contribution in [2.45, 2.75) is 27.3 Å². The van der Waals surface area contributed by atoms with Crippen LogP contribution in [0.4, 0.5) is 0 Å². The molecular formula is C21H25N3O3. The van der Waals surface area contributed by atoms with E-state index in [1.54, 1.807) is 18.2 Å². The monoisotopic (exact) mass is 367 g/mol. The summed E-state index contributed by atoms with van der Waals surface area (Å²) in [6.07, 6.45) is 0. The topological polar surface area (TPSA) is 65.4 Å². The van der Waals surface area contributed by atoms with Crippen LogP contribution in [0.15, 0.2) is 42.5 Å². The Labute approximate surface area is 159 Å². The highest BCUT2D eigenvalue weighted by atomic mass is 16.5. The molecule has 27 heavy (non-hydrogen) atoms. The molecule has 0 saturated heterocycles. The van der Waals surface area contributed by atoms with Gasteiger partial charge >= 0.3 is 0 Å². The van der Waals surface area contributed by atoms with Gasteiger partial charge in [-0.05, 0) is 51.1 Å². The van der Waals surface area contributed by atoms with Crippen LogP contribution in [0.3, 0.4) is 0 Å². The number of hydrogen-bond donors (Lipinski definition) is 1. The van der Waals surface area contributed by atoms with Gasteiger partial charge in [-0.15, -0.1) is 0 Å². The summed E-state index contributed by atoms with van der Waals surface area (Å²) < 4.78 is 13.2. The molecule has 0 aliphatic rings. The average molecular weight is 367 g/mol. The molecule has 0 atom stereocenters. The van der Waals surface area contributed by atoms with Crippen molar-refractivity contribution in [1.82, 2.24) is 14.9 Å². The van der Waals surface area contributed by atoms with E-state index in [1.807, 2.05) is 45.0 Å². The Hall–Kier alpha value is -3.02. The van der Waals surface area contributed by atoms with Crippen molar-refractivity contribution in [2.24, 2.45) is 0 Å². The number of benzene rings is 2. The largest absolute Gasteiger partial charge is 0.490 e. The molecule has 1 amide bonds. The standard InChI is InChI=1S/C21H25N3O3/c1-4-26-19-11-10-16(14-20(19)27-5-2)21(25)22-12-13-24-15(3)23-17-8-6-7-9-18(17)24/h6-11,14H,4-5,12-13H2,1-3H3,(H,22,25). The number of aromatic nitrogens is 2. The highest BCUT2D eigenvalue weighted by Crippen LogP contribution is 2.28. The number of rotatable bonds is 8. The van der Waals surface area contributed by atoms with Crippen molar-refractivity contribution >= 4 is 16.9 Å². The van der Waals surface area contributed by atoms with Crippen LogP contribution in [0.1, 0.15) is 30.0 Å². The number of para-hydroxylation sites is 2. The van der Waals surface area contributed by atoms with E-state index < -0.39 is 0 Å². The van der Waals surface area contributed by atoms with Gasteiger partial charge in [-0.3, -0.25) is 4.79 Å². The zero-order valence-electron chi connectivity index (χ0n) is 16.0. The molecule has 2 aromatic carbocycles. The highest BCUT2D eigenvalue weighted by molar-refractivity contribution is 5.94. The quantitative estimate of drug-likeness (QED) is 0.661. The second-order valence-corrected chi connectivity index (χ2v) is 6.08. The highest BCUT2D eigenvalue weighted by Gasteiger charge is 2.12. The number of carbonyl (C=O) groups excluding carboxylic acids is 1. The molecule has 6 heteroatoms. The molecule has 3 rings (SSSR count). The van der Waals surface area contributed by atoms with Gasteiger partial charge in [0.2, 0.25) is 0 Å². The van der Waals surface area contributed by atoms with Crippen LogP contribution in [0, 0.1) is 6.92 Å². The van der Waals surface area contributed by atoms with E-state index in [-0.39, 0.29) is 5.91 Å². The first-order chi connectivity index (χ1) is 13.1. The summed E-state index contributed by atoms with van der Waals surface area (Å²) in [6.45, 7) is 8.02. The number of nitrogens with zero attached hydrogens (tertiary/aromatic N) is 2. The summed E-state index contributed by atoms with van der Waals surface area (Å²) in [6, 6.07) is 13.3. The maximum Gasteiger partial charge on any atom is 0.251 e. The van der Waals surface area contributed by atoms with E-state index in [1.165, 1.54) is 0 Å².